The third kappa shape index (κ3) is 1.62. The lowest BCUT2D eigenvalue weighted by atomic mass is 9.98. The largest absolute Gasteiger partial charge is 0.257 e. The van der Waals surface area contributed by atoms with Crippen molar-refractivity contribution in [3.8, 4) is 0 Å². The van der Waals surface area contributed by atoms with Gasteiger partial charge in [0.1, 0.15) is 0 Å². The van der Waals surface area contributed by atoms with E-state index in [1.807, 2.05) is 0 Å². The van der Waals surface area contributed by atoms with E-state index in [2.05, 4.69) is 37.0 Å². The Morgan fingerprint density at radius 1 is 1.43 bits per heavy atom. The van der Waals surface area contributed by atoms with Crippen molar-refractivity contribution in [2.75, 3.05) is 0 Å². The van der Waals surface area contributed by atoms with Gasteiger partial charge in [-0.2, -0.15) is 0 Å². The van der Waals surface area contributed by atoms with Crippen LogP contribution in [0.1, 0.15) is 30.9 Å². The van der Waals surface area contributed by atoms with Crippen LogP contribution in [0.5, 0.6) is 0 Å². The molecule has 1 nitrogen and oxygen atoms in total. The minimum Gasteiger partial charge on any atom is -0.257 e. The zero-order chi connectivity index (χ0) is 10.1. The number of fused-ring (bicyclic) bond motifs is 1. The van der Waals surface area contributed by atoms with Crippen LogP contribution in [0.3, 0.4) is 0 Å². The molecule has 2 heteroatoms. The molecule has 1 aliphatic heterocycles. The molecule has 14 heavy (non-hydrogen) atoms. The van der Waals surface area contributed by atoms with Gasteiger partial charge in [-0.3, -0.25) is 4.99 Å². The minimum absolute atomic E-state index is 0.863. The molecule has 0 amide bonds. The maximum Gasteiger partial charge on any atom is 0.0712 e. The molecule has 1 aromatic rings. The van der Waals surface area contributed by atoms with E-state index in [-0.39, 0.29) is 0 Å². The SMILES string of the molecule is CCC1=Nc2ccc(C)cc2C(=S)C1. The summed E-state index contributed by atoms with van der Waals surface area (Å²) in [6.07, 6.45) is 1.86. The van der Waals surface area contributed by atoms with Crippen molar-refractivity contribution in [1.82, 2.24) is 0 Å². The summed E-state index contributed by atoms with van der Waals surface area (Å²) in [4.78, 5) is 5.62. The Labute approximate surface area is 89.9 Å². The molecule has 1 aromatic carbocycles. The second-order valence-corrected chi connectivity index (χ2v) is 4.14. The van der Waals surface area contributed by atoms with Crippen LogP contribution in [0.4, 0.5) is 5.69 Å². The first kappa shape index (κ1) is 9.53. The molecule has 1 aliphatic rings. The lowest BCUT2D eigenvalue weighted by Gasteiger charge is -2.16. The van der Waals surface area contributed by atoms with Gasteiger partial charge in [-0.15, -0.1) is 0 Å². The predicted molar refractivity (Wildman–Crippen MR) is 64.9 cm³/mol. The molecular weight excluding hydrogens is 190 g/mol. The molecule has 0 saturated heterocycles. The van der Waals surface area contributed by atoms with Crippen LogP contribution in [-0.4, -0.2) is 10.6 Å². The molecule has 0 unspecified atom stereocenters. The van der Waals surface area contributed by atoms with Crippen molar-refractivity contribution in [3.63, 3.8) is 0 Å². The van der Waals surface area contributed by atoms with Crippen molar-refractivity contribution >= 4 is 28.5 Å². The maximum atomic E-state index is 5.38. The fourth-order valence-corrected chi connectivity index (χ4v) is 2.00. The molecule has 0 bridgehead atoms. The smallest absolute Gasteiger partial charge is 0.0712 e. The molecular formula is C12H13NS. The van der Waals surface area contributed by atoms with Gasteiger partial charge in [0, 0.05) is 22.6 Å². The molecule has 2 rings (SSSR count). The molecule has 72 valence electrons. The van der Waals surface area contributed by atoms with Crippen LogP contribution >= 0.6 is 12.2 Å². The highest BCUT2D eigenvalue weighted by atomic mass is 32.1. The van der Waals surface area contributed by atoms with Crippen LogP contribution < -0.4 is 0 Å². The van der Waals surface area contributed by atoms with E-state index in [4.69, 9.17) is 12.2 Å². The second kappa shape index (κ2) is 3.62. The van der Waals surface area contributed by atoms with Gasteiger partial charge in [-0.05, 0) is 25.5 Å². The van der Waals surface area contributed by atoms with Crippen LogP contribution in [0.2, 0.25) is 0 Å². The Hall–Kier alpha value is -1.02. The van der Waals surface area contributed by atoms with Gasteiger partial charge in [-0.25, -0.2) is 0 Å². The maximum absolute atomic E-state index is 5.38. The monoisotopic (exact) mass is 203 g/mol. The van der Waals surface area contributed by atoms with Crippen molar-refractivity contribution < 1.29 is 0 Å². The molecule has 0 radical (unpaired) electrons. The third-order valence-corrected chi connectivity index (χ3v) is 2.87. The van der Waals surface area contributed by atoms with Crippen molar-refractivity contribution in [2.45, 2.75) is 26.7 Å². The van der Waals surface area contributed by atoms with Crippen molar-refractivity contribution in [3.05, 3.63) is 29.3 Å². The third-order valence-electron chi connectivity index (χ3n) is 2.50. The number of aliphatic imine (C=N–C) groups is 1. The topological polar surface area (TPSA) is 12.4 Å². The van der Waals surface area contributed by atoms with Gasteiger partial charge >= 0.3 is 0 Å². The fourth-order valence-electron chi connectivity index (χ4n) is 1.67. The summed E-state index contributed by atoms with van der Waals surface area (Å²) in [6.45, 7) is 4.21. The summed E-state index contributed by atoms with van der Waals surface area (Å²) in [6, 6.07) is 6.28. The van der Waals surface area contributed by atoms with E-state index in [1.165, 1.54) is 11.3 Å². The lowest BCUT2D eigenvalue weighted by Crippen LogP contribution is -2.11. The molecule has 0 fully saturated rings. The Bertz CT molecular complexity index is 418. The average Bonchev–Trinajstić information content (AvgIpc) is 2.19. The Morgan fingerprint density at radius 3 is 2.93 bits per heavy atom. The number of aryl methyl sites for hydroxylation is 1. The van der Waals surface area contributed by atoms with E-state index >= 15 is 0 Å². The standard InChI is InChI=1S/C12H13NS/c1-3-9-7-12(14)10-6-8(2)4-5-11(10)13-9/h4-6H,3,7H2,1-2H3. The molecule has 0 spiro atoms. The zero-order valence-corrected chi connectivity index (χ0v) is 9.32. The van der Waals surface area contributed by atoms with Crippen molar-refractivity contribution in [1.29, 1.82) is 0 Å². The van der Waals surface area contributed by atoms with Gasteiger partial charge < -0.3 is 0 Å². The number of hydrogen-bond donors (Lipinski definition) is 0. The summed E-state index contributed by atoms with van der Waals surface area (Å²) in [5.41, 5.74) is 4.65. The summed E-state index contributed by atoms with van der Waals surface area (Å²) >= 11 is 5.38. The summed E-state index contributed by atoms with van der Waals surface area (Å²) in [5, 5.41) is 0. The van der Waals surface area contributed by atoms with Gasteiger partial charge in [0.25, 0.3) is 0 Å². The summed E-state index contributed by atoms with van der Waals surface area (Å²) < 4.78 is 0. The number of nitrogens with zero attached hydrogens (tertiary/aromatic N) is 1. The van der Waals surface area contributed by atoms with E-state index in [9.17, 15) is 0 Å². The van der Waals surface area contributed by atoms with Gasteiger partial charge in [0.2, 0.25) is 0 Å². The highest BCUT2D eigenvalue weighted by Gasteiger charge is 2.15. The number of thiocarbonyl (C=S) groups is 1. The number of hydrogen-bond acceptors (Lipinski definition) is 2. The van der Waals surface area contributed by atoms with E-state index < -0.39 is 0 Å². The zero-order valence-electron chi connectivity index (χ0n) is 8.50. The van der Waals surface area contributed by atoms with Gasteiger partial charge in [0.15, 0.2) is 0 Å². The molecule has 0 aliphatic carbocycles. The van der Waals surface area contributed by atoms with E-state index in [0.717, 1.165) is 29.0 Å². The summed E-state index contributed by atoms with van der Waals surface area (Å²) in [7, 11) is 0. The first-order chi connectivity index (χ1) is 6.70. The predicted octanol–water partition coefficient (Wildman–Crippen LogP) is 3.60. The molecule has 1 heterocycles. The highest BCUT2D eigenvalue weighted by Crippen LogP contribution is 2.27. The normalized spacial score (nSPS) is 15.0. The van der Waals surface area contributed by atoms with Crippen LogP contribution in [-0.2, 0) is 0 Å². The van der Waals surface area contributed by atoms with Crippen LogP contribution in [0.25, 0.3) is 0 Å². The Morgan fingerprint density at radius 2 is 2.21 bits per heavy atom. The quantitative estimate of drug-likeness (QED) is 0.635. The first-order valence-electron chi connectivity index (χ1n) is 4.91. The molecule has 0 aromatic heterocycles. The number of benzene rings is 1. The average molecular weight is 203 g/mol. The number of rotatable bonds is 1. The molecule has 0 N–H and O–H groups in total. The van der Waals surface area contributed by atoms with Crippen molar-refractivity contribution in [2.24, 2.45) is 4.99 Å². The minimum atomic E-state index is 0.863. The van der Waals surface area contributed by atoms with E-state index in [1.54, 1.807) is 0 Å². The van der Waals surface area contributed by atoms with E-state index in [0.29, 0.717) is 0 Å². The molecule has 0 saturated carbocycles. The van der Waals surface area contributed by atoms with Gasteiger partial charge in [0.05, 0.1) is 5.69 Å². The lowest BCUT2D eigenvalue weighted by molar-refractivity contribution is 1.21. The fraction of sp³-hybridized carbons (Fsp3) is 0.333. The second-order valence-electron chi connectivity index (χ2n) is 3.65. The van der Waals surface area contributed by atoms with Crippen LogP contribution in [0.15, 0.2) is 23.2 Å². The highest BCUT2D eigenvalue weighted by molar-refractivity contribution is 7.81. The first-order valence-corrected chi connectivity index (χ1v) is 5.32. The van der Waals surface area contributed by atoms with Gasteiger partial charge in [-0.1, -0.05) is 30.8 Å². The Balaban J connectivity index is 2.54. The van der Waals surface area contributed by atoms with Crippen LogP contribution in [0, 0.1) is 6.92 Å². The summed E-state index contributed by atoms with van der Waals surface area (Å²) in [5.74, 6) is 0. The molecule has 0 atom stereocenters. The Kier molecular flexibility index (Phi) is 2.46.